The third kappa shape index (κ3) is 5.58. The second kappa shape index (κ2) is 9.86. The number of aliphatic imine (C=N–C) groups is 1. The number of para-hydroxylation sites is 1. The number of H-pyrrole nitrogens is 1. The maximum atomic E-state index is 13.3. The molecule has 1 atom stereocenters. The lowest BCUT2D eigenvalue weighted by Gasteiger charge is -2.09. The largest absolute Gasteiger partial charge is 0.481 e. The number of carboxylic acid groups (broad SMARTS) is 1. The molecule has 0 radical (unpaired) electrons. The van der Waals surface area contributed by atoms with E-state index in [1.165, 1.54) is 17.0 Å². The molecule has 0 fully saturated rings. The topological polar surface area (TPSA) is 134 Å². The Balaban J connectivity index is 2.16. The zero-order valence-electron chi connectivity index (χ0n) is 18.6. The molecule has 0 aliphatic heterocycles. The van der Waals surface area contributed by atoms with Gasteiger partial charge in [0, 0.05) is 6.21 Å². The van der Waals surface area contributed by atoms with Crippen LogP contribution in [-0.2, 0) is 21.2 Å². The van der Waals surface area contributed by atoms with E-state index in [1.807, 2.05) is 31.2 Å². The van der Waals surface area contributed by atoms with E-state index in [0.717, 1.165) is 18.2 Å². The van der Waals surface area contributed by atoms with Crippen LogP contribution in [0.15, 0.2) is 58.3 Å². The monoisotopic (exact) mass is 470 g/mol. The first-order chi connectivity index (χ1) is 15.6. The SMILES string of the molecule is CCc1ccccc1N=Cc1c(C(CC)C(=O)O)[nH]n(-c2cccc(NS(C)(=O)=O)c2)c1=O. The first-order valence-electron chi connectivity index (χ1n) is 10.4. The van der Waals surface area contributed by atoms with Gasteiger partial charge in [0.25, 0.3) is 5.56 Å². The highest BCUT2D eigenvalue weighted by Crippen LogP contribution is 2.23. The highest BCUT2D eigenvalue weighted by Gasteiger charge is 2.26. The van der Waals surface area contributed by atoms with E-state index in [4.69, 9.17) is 0 Å². The quantitative estimate of drug-likeness (QED) is 0.412. The second-order valence-electron chi connectivity index (χ2n) is 7.54. The number of hydrogen-bond acceptors (Lipinski definition) is 5. The van der Waals surface area contributed by atoms with Crippen LogP contribution in [0.5, 0.6) is 0 Å². The Morgan fingerprint density at radius 2 is 1.94 bits per heavy atom. The van der Waals surface area contributed by atoms with Gasteiger partial charge in [-0.1, -0.05) is 38.1 Å². The molecule has 0 amide bonds. The number of aromatic nitrogens is 2. The fourth-order valence-electron chi connectivity index (χ4n) is 3.53. The van der Waals surface area contributed by atoms with Crippen molar-refractivity contribution in [2.24, 2.45) is 4.99 Å². The van der Waals surface area contributed by atoms with Crippen LogP contribution in [0.4, 0.5) is 11.4 Å². The number of aliphatic carboxylic acids is 1. The van der Waals surface area contributed by atoms with E-state index < -0.39 is 27.5 Å². The molecule has 3 aromatic rings. The molecule has 1 heterocycles. The highest BCUT2D eigenvalue weighted by atomic mass is 32.2. The van der Waals surface area contributed by atoms with Gasteiger partial charge in [0.2, 0.25) is 10.0 Å². The van der Waals surface area contributed by atoms with Crippen LogP contribution in [0.25, 0.3) is 5.69 Å². The average Bonchev–Trinajstić information content (AvgIpc) is 3.07. The summed E-state index contributed by atoms with van der Waals surface area (Å²) in [5, 5.41) is 12.6. The Hall–Kier alpha value is -3.66. The number of aromatic amines is 1. The van der Waals surface area contributed by atoms with E-state index in [9.17, 15) is 23.1 Å². The normalized spacial score (nSPS) is 12.7. The lowest BCUT2D eigenvalue weighted by Crippen LogP contribution is -2.18. The number of sulfonamides is 1. The van der Waals surface area contributed by atoms with Gasteiger partial charge in [-0.3, -0.25) is 24.4 Å². The van der Waals surface area contributed by atoms with Crippen molar-refractivity contribution >= 4 is 33.6 Å². The van der Waals surface area contributed by atoms with Gasteiger partial charge >= 0.3 is 5.97 Å². The molecule has 0 saturated carbocycles. The van der Waals surface area contributed by atoms with Crippen molar-refractivity contribution in [3.63, 3.8) is 0 Å². The molecule has 0 aliphatic carbocycles. The molecule has 3 N–H and O–H groups in total. The van der Waals surface area contributed by atoms with Gasteiger partial charge in [0.05, 0.1) is 40.5 Å². The molecule has 0 bridgehead atoms. The molecule has 1 aromatic heterocycles. The van der Waals surface area contributed by atoms with Gasteiger partial charge in [-0.05, 0) is 42.7 Å². The number of anilines is 1. The zero-order chi connectivity index (χ0) is 24.2. The average molecular weight is 471 g/mol. The number of carboxylic acids is 1. The van der Waals surface area contributed by atoms with Crippen molar-refractivity contribution in [2.75, 3.05) is 11.0 Å². The summed E-state index contributed by atoms with van der Waals surface area (Å²) >= 11 is 0. The van der Waals surface area contributed by atoms with Crippen LogP contribution < -0.4 is 10.3 Å². The predicted octanol–water partition coefficient (Wildman–Crippen LogP) is 3.43. The Kier molecular flexibility index (Phi) is 7.17. The zero-order valence-corrected chi connectivity index (χ0v) is 19.4. The number of nitrogens with zero attached hydrogens (tertiary/aromatic N) is 2. The van der Waals surface area contributed by atoms with Gasteiger partial charge in [-0.15, -0.1) is 0 Å². The molecule has 2 aromatic carbocycles. The van der Waals surface area contributed by atoms with Gasteiger partial charge in [-0.2, -0.15) is 0 Å². The van der Waals surface area contributed by atoms with Crippen molar-refractivity contribution in [1.29, 1.82) is 0 Å². The molecule has 10 heteroatoms. The highest BCUT2D eigenvalue weighted by molar-refractivity contribution is 7.92. The minimum atomic E-state index is -3.51. The lowest BCUT2D eigenvalue weighted by atomic mass is 9.99. The predicted molar refractivity (Wildman–Crippen MR) is 129 cm³/mol. The third-order valence-corrected chi connectivity index (χ3v) is 5.73. The summed E-state index contributed by atoms with van der Waals surface area (Å²) in [7, 11) is -3.51. The van der Waals surface area contributed by atoms with Crippen LogP contribution in [0.3, 0.4) is 0 Å². The van der Waals surface area contributed by atoms with Crippen LogP contribution in [-0.4, -0.2) is 41.7 Å². The Bertz CT molecular complexity index is 1360. The number of hydrogen-bond donors (Lipinski definition) is 3. The molecular formula is C23H26N4O5S. The number of nitrogens with one attached hydrogen (secondary N) is 2. The maximum absolute atomic E-state index is 13.3. The molecule has 0 spiro atoms. The van der Waals surface area contributed by atoms with E-state index in [-0.39, 0.29) is 23.4 Å². The summed E-state index contributed by atoms with van der Waals surface area (Å²) < 4.78 is 26.7. The maximum Gasteiger partial charge on any atom is 0.312 e. The number of benzene rings is 2. The van der Waals surface area contributed by atoms with Crippen molar-refractivity contribution in [1.82, 2.24) is 9.78 Å². The summed E-state index contributed by atoms with van der Waals surface area (Å²) in [5.41, 5.74) is 2.20. The van der Waals surface area contributed by atoms with Gasteiger partial charge in [0.1, 0.15) is 0 Å². The molecule has 0 saturated heterocycles. The Morgan fingerprint density at radius 3 is 2.58 bits per heavy atom. The van der Waals surface area contributed by atoms with Crippen molar-refractivity contribution in [3.05, 3.63) is 75.7 Å². The van der Waals surface area contributed by atoms with E-state index >= 15 is 0 Å². The smallest absolute Gasteiger partial charge is 0.312 e. The van der Waals surface area contributed by atoms with Crippen molar-refractivity contribution in [3.8, 4) is 5.69 Å². The summed E-state index contributed by atoms with van der Waals surface area (Å²) in [6.07, 6.45) is 3.44. The molecule has 174 valence electrons. The fraction of sp³-hybridized carbons (Fsp3) is 0.261. The van der Waals surface area contributed by atoms with Gasteiger partial charge in [0.15, 0.2) is 0 Å². The van der Waals surface area contributed by atoms with Crippen LogP contribution >= 0.6 is 0 Å². The summed E-state index contributed by atoms with van der Waals surface area (Å²) in [6.45, 7) is 3.72. The fourth-order valence-corrected chi connectivity index (χ4v) is 4.09. The standard InChI is InChI=1S/C23H26N4O5S/c1-4-15-9-6-7-12-20(15)24-14-19-21(18(5-2)23(29)30)25-27(22(19)28)17-11-8-10-16(13-17)26-33(3,31)32/h6-14,18,25-26H,4-5H2,1-3H3,(H,29,30). The summed E-state index contributed by atoms with van der Waals surface area (Å²) in [5.74, 6) is -2.01. The molecular weight excluding hydrogens is 444 g/mol. The Labute approximate surface area is 191 Å². The molecule has 9 nitrogen and oxygen atoms in total. The lowest BCUT2D eigenvalue weighted by molar-refractivity contribution is -0.138. The molecule has 0 aliphatic rings. The van der Waals surface area contributed by atoms with Gasteiger partial charge in [-0.25, -0.2) is 13.1 Å². The van der Waals surface area contributed by atoms with Crippen molar-refractivity contribution < 1.29 is 18.3 Å². The summed E-state index contributed by atoms with van der Waals surface area (Å²) in [4.78, 5) is 29.7. The van der Waals surface area contributed by atoms with Crippen molar-refractivity contribution in [2.45, 2.75) is 32.6 Å². The van der Waals surface area contributed by atoms with E-state index in [1.54, 1.807) is 25.1 Å². The first kappa shape index (κ1) is 24.0. The molecule has 33 heavy (non-hydrogen) atoms. The Morgan fingerprint density at radius 1 is 1.21 bits per heavy atom. The van der Waals surface area contributed by atoms with E-state index in [2.05, 4.69) is 14.8 Å². The molecule has 3 rings (SSSR count). The number of aryl methyl sites for hydroxylation is 1. The number of rotatable bonds is 9. The van der Waals surface area contributed by atoms with Crippen LogP contribution in [0, 0.1) is 0 Å². The van der Waals surface area contributed by atoms with Gasteiger partial charge < -0.3 is 5.11 Å². The summed E-state index contributed by atoms with van der Waals surface area (Å²) in [6, 6.07) is 13.8. The third-order valence-electron chi connectivity index (χ3n) is 5.12. The number of carbonyl (C=O) groups is 1. The van der Waals surface area contributed by atoms with Crippen LogP contribution in [0.1, 0.15) is 43.0 Å². The minimum absolute atomic E-state index is 0.136. The van der Waals surface area contributed by atoms with E-state index in [0.29, 0.717) is 11.4 Å². The molecule has 1 unspecified atom stereocenters. The first-order valence-corrected chi connectivity index (χ1v) is 12.3. The minimum Gasteiger partial charge on any atom is -0.481 e. The second-order valence-corrected chi connectivity index (χ2v) is 9.29. The van der Waals surface area contributed by atoms with Crippen LogP contribution in [0.2, 0.25) is 0 Å².